The van der Waals surface area contributed by atoms with Crippen LogP contribution >= 0.6 is 15.9 Å². The number of nitrogens with one attached hydrogen (secondary N) is 1. The van der Waals surface area contributed by atoms with E-state index in [4.69, 9.17) is 0 Å². The summed E-state index contributed by atoms with van der Waals surface area (Å²) in [7, 11) is 0. The van der Waals surface area contributed by atoms with Gasteiger partial charge in [-0.2, -0.15) is 0 Å². The maximum atomic E-state index is 11.9. The van der Waals surface area contributed by atoms with Crippen LogP contribution in [0.3, 0.4) is 0 Å². The van der Waals surface area contributed by atoms with E-state index in [0.29, 0.717) is 6.42 Å². The van der Waals surface area contributed by atoms with E-state index in [1.165, 1.54) is 0 Å². The molecular formula is C16H26BrNO. The Kier molecular flexibility index (Phi) is 7.35. The molecule has 19 heavy (non-hydrogen) atoms. The summed E-state index contributed by atoms with van der Waals surface area (Å²) >= 11 is 3.45. The van der Waals surface area contributed by atoms with Crippen molar-refractivity contribution in [2.24, 2.45) is 5.41 Å². The van der Waals surface area contributed by atoms with Crippen LogP contribution < -0.4 is 5.32 Å². The Bertz CT molecular complexity index is 410. The lowest BCUT2D eigenvalue weighted by Crippen LogP contribution is -2.20. The molecule has 0 atom stereocenters. The molecule has 1 rings (SSSR count). The molecule has 0 saturated heterocycles. The fraction of sp³-hybridized carbons (Fsp3) is 0.562. The topological polar surface area (TPSA) is 29.1 Å². The first-order chi connectivity index (χ1) is 8.69. The standard InChI is InChI=1S/C14H20BrNO.C2H6/c1-9-6-11(15)7-10(2)13(9)16-12(17)8-14(3,4)5;1-2/h6-7H,8H2,1-5H3,(H,16,17);1-2H3. The highest BCUT2D eigenvalue weighted by molar-refractivity contribution is 9.10. The molecule has 2 nitrogen and oxygen atoms in total. The highest BCUT2D eigenvalue weighted by atomic mass is 79.9. The molecule has 0 fully saturated rings. The van der Waals surface area contributed by atoms with Crippen molar-refractivity contribution in [1.29, 1.82) is 0 Å². The number of carbonyl (C=O) groups excluding carboxylic acids is 1. The lowest BCUT2D eigenvalue weighted by Gasteiger charge is -2.19. The number of carbonyl (C=O) groups is 1. The number of aryl methyl sites for hydroxylation is 2. The molecular weight excluding hydrogens is 302 g/mol. The minimum Gasteiger partial charge on any atom is -0.326 e. The molecule has 0 aromatic heterocycles. The zero-order valence-corrected chi connectivity index (χ0v) is 14.7. The maximum absolute atomic E-state index is 11.9. The zero-order chi connectivity index (χ0) is 15.2. The first kappa shape index (κ1) is 18.2. The van der Waals surface area contributed by atoms with Crippen LogP contribution in [-0.2, 0) is 4.79 Å². The molecule has 0 heterocycles. The predicted molar refractivity (Wildman–Crippen MR) is 87.7 cm³/mol. The average Bonchev–Trinajstić information content (AvgIpc) is 2.23. The van der Waals surface area contributed by atoms with E-state index in [2.05, 4.69) is 42.0 Å². The molecule has 0 radical (unpaired) electrons. The van der Waals surface area contributed by atoms with Gasteiger partial charge in [-0.15, -0.1) is 0 Å². The Hall–Kier alpha value is -0.830. The van der Waals surface area contributed by atoms with E-state index in [-0.39, 0.29) is 11.3 Å². The van der Waals surface area contributed by atoms with Gasteiger partial charge in [0.25, 0.3) is 0 Å². The third-order valence-corrected chi connectivity index (χ3v) is 2.91. The van der Waals surface area contributed by atoms with E-state index >= 15 is 0 Å². The largest absolute Gasteiger partial charge is 0.326 e. The maximum Gasteiger partial charge on any atom is 0.224 e. The summed E-state index contributed by atoms with van der Waals surface area (Å²) in [6.45, 7) is 14.2. The van der Waals surface area contributed by atoms with Crippen LogP contribution in [0.2, 0.25) is 0 Å². The van der Waals surface area contributed by atoms with Gasteiger partial charge in [-0.1, -0.05) is 50.5 Å². The number of hydrogen-bond donors (Lipinski definition) is 1. The summed E-state index contributed by atoms with van der Waals surface area (Å²) in [5.41, 5.74) is 3.11. The van der Waals surface area contributed by atoms with Crippen LogP contribution in [0.1, 0.15) is 52.2 Å². The molecule has 1 amide bonds. The van der Waals surface area contributed by atoms with E-state index in [9.17, 15) is 4.79 Å². The highest BCUT2D eigenvalue weighted by Gasteiger charge is 2.17. The second kappa shape index (κ2) is 7.68. The number of benzene rings is 1. The van der Waals surface area contributed by atoms with Gasteiger partial charge in [-0.25, -0.2) is 0 Å². The second-order valence-corrected chi connectivity index (χ2v) is 6.62. The van der Waals surface area contributed by atoms with Crippen molar-refractivity contribution in [3.63, 3.8) is 0 Å². The summed E-state index contributed by atoms with van der Waals surface area (Å²) < 4.78 is 1.04. The summed E-state index contributed by atoms with van der Waals surface area (Å²) in [5.74, 6) is 0.0750. The molecule has 1 aromatic carbocycles. The van der Waals surface area contributed by atoms with Crippen molar-refractivity contribution in [2.75, 3.05) is 5.32 Å². The van der Waals surface area contributed by atoms with E-state index in [1.54, 1.807) is 0 Å². The lowest BCUT2D eigenvalue weighted by molar-refractivity contribution is -0.117. The van der Waals surface area contributed by atoms with Gasteiger partial charge in [0.2, 0.25) is 5.91 Å². The van der Waals surface area contributed by atoms with Gasteiger partial charge in [-0.3, -0.25) is 4.79 Å². The molecule has 0 aliphatic heterocycles. The van der Waals surface area contributed by atoms with Crippen LogP contribution in [0.25, 0.3) is 0 Å². The summed E-state index contributed by atoms with van der Waals surface area (Å²) in [5, 5.41) is 3.00. The SMILES string of the molecule is CC.Cc1cc(Br)cc(C)c1NC(=O)CC(C)(C)C. The number of amides is 1. The first-order valence-corrected chi connectivity index (χ1v) is 7.55. The van der Waals surface area contributed by atoms with Crippen LogP contribution in [-0.4, -0.2) is 5.91 Å². The molecule has 0 bridgehead atoms. The predicted octanol–water partition coefficient (Wildman–Crippen LogP) is 5.47. The van der Waals surface area contributed by atoms with E-state index in [1.807, 2.05) is 39.8 Å². The van der Waals surface area contributed by atoms with Crippen LogP contribution in [0.4, 0.5) is 5.69 Å². The minimum atomic E-state index is 0.0151. The van der Waals surface area contributed by atoms with Crippen molar-refractivity contribution < 1.29 is 4.79 Å². The number of hydrogen-bond acceptors (Lipinski definition) is 1. The molecule has 3 heteroatoms. The monoisotopic (exact) mass is 327 g/mol. The van der Waals surface area contributed by atoms with Crippen molar-refractivity contribution in [3.8, 4) is 0 Å². The number of rotatable bonds is 2. The Balaban J connectivity index is 0.00000154. The van der Waals surface area contributed by atoms with Crippen LogP contribution in [0.5, 0.6) is 0 Å². The normalized spacial score (nSPS) is 10.5. The zero-order valence-electron chi connectivity index (χ0n) is 13.1. The number of anilines is 1. The van der Waals surface area contributed by atoms with Crippen molar-refractivity contribution in [2.45, 2.75) is 54.9 Å². The Morgan fingerprint density at radius 2 is 1.58 bits per heavy atom. The molecule has 0 spiro atoms. The van der Waals surface area contributed by atoms with Gasteiger partial charge < -0.3 is 5.32 Å². The first-order valence-electron chi connectivity index (χ1n) is 6.75. The van der Waals surface area contributed by atoms with Crippen LogP contribution in [0.15, 0.2) is 16.6 Å². The average molecular weight is 328 g/mol. The molecule has 0 aliphatic rings. The Morgan fingerprint density at radius 3 is 1.95 bits per heavy atom. The molecule has 0 saturated carbocycles. The van der Waals surface area contributed by atoms with Gasteiger partial charge in [0.05, 0.1) is 0 Å². The molecule has 0 unspecified atom stereocenters. The van der Waals surface area contributed by atoms with Gasteiger partial charge in [0.15, 0.2) is 0 Å². The Morgan fingerprint density at radius 1 is 1.16 bits per heavy atom. The van der Waals surface area contributed by atoms with E-state index in [0.717, 1.165) is 21.3 Å². The molecule has 108 valence electrons. The summed E-state index contributed by atoms with van der Waals surface area (Å²) in [6.07, 6.45) is 0.530. The third-order valence-electron chi connectivity index (χ3n) is 2.45. The summed E-state index contributed by atoms with van der Waals surface area (Å²) in [6, 6.07) is 4.03. The molecule has 1 aromatic rings. The smallest absolute Gasteiger partial charge is 0.224 e. The van der Waals surface area contributed by atoms with Crippen LogP contribution in [0, 0.1) is 19.3 Å². The van der Waals surface area contributed by atoms with Gasteiger partial charge >= 0.3 is 0 Å². The second-order valence-electron chi connectivity index (χ2n) is 5.70. The fourth-order valence-corrected chi connectivity index (χ4v) is 2.46. The third kappa shape index (κ3) is 6.76. The fourth-order valence-electron chi connectivity index (χ4n) is 1.77. The molecule has 1 N–H and O–H groups in total. The van der Waals surface area contributed by atoms with Gasteiger partial charge in [-0.05, 0) is 42.5 Å². The number of halogens is 1. The van der Waals surface area contributed by atoms with Crippen molar-refractivity contribution in [1.82, 2.24) is 0 Å². The van der Waals surface area contributed by atoms with Gasteiger partial charge in [0, 0.05) is 16.6 Å². The van der Waals surface area contributed by atoms with Gasteiger partial charge in [0.1, 0.15) is 0 Å². The quantitative estimate of drug-likeness (QED) is 0.766. The highest BCUT2D eigenvalue weighted by Crippen LogP contribution is 2.26. The Labute approximate surface area is 126 Å². The minimum absolute atomic E-state index is 0.0151. The van der Waals surface area contributed by atoms with E-state index < -0.39 is 0 Å². The lowest BCUT2D eigenvalue weighted by atomic mass is 9.92. The van der Waals surface area contributed by atoms with Crippen molar-refractivity contribution >= 4 is 27.5 Å². The van der Waals surface area contributed by atoms with Crippen molar-refractivity contribution in [3.05, 3.63) is 27.7 Å². The molecule has 0 aliphatic carbocycles. The summed E-state index contributed by atoms with van der Waals surface area (Å²) in [4.78, 5) is 11.9.